The summed E-state index contributed by atoms with van der Waals surface area (Å²) >= 11 is 0. The van der Waals surface area contributed by atoms with Crippen LogP contribution in [0.25, 0.3) is 111 Å². The summed E-state index contributed by atoms with van der Waals surface area (Å²) in [6, 6.07) is 64.3. The van der Waals surface area contributed by atoms with Gasteiger partial charge in [0.25, 0.3) is 0 Å². The van der Waals surface area contributed by atoms with E-state index < -0.39 is 0 Å². The van der Waals surface area contributed by atoms with Crippen molar-refractivity contribution in [2.45, 2.75) is 0 Å². The van der Waals surface area contributed by atoms with Crippen LogP contribution in [0.1, 0.15) is 0 Å². The molecule has 11 aromatic rings. The minimum absolute atomic E-state index is 0.612. The van der Waals surface area contributed by atoms with E-state index in [9.17, 15) is 0 Å². The molecule has 0 saturated heterocycles. The highest BCUT2D eigenvalue weighted by Crippen LogP contribution is 2.45. The highest BCUT2D eigenvalue weighted by atomic mass is 16.3. The fraction of sp³-hybridized carbons (Fsp3) is 0. The van der Waals surface area contributed by atoms with E-state index >= 15 is 0 Å². The lowest BCUT2D eigenvalue weighted by atomic mass is 9.95. The first-order chi connectivity index (χ1) is 27.8. The van der Waals surface area contributed by atoms with E-state index in [0.717, 1.165) is 93.9 Å². The first kappa shape index (κ1) is 31.9. The van der Waals surface area contributed by atoms with E-state index in [4.69, 9.17) is 23.8 Å². The number of fused-ring (bicyclic) bond motifs is 6. The minimum atomic E-state index is 0.612. The molecule has 0 aliphatic carbocycles. The molecule has 0 N–H and O–H groups in total. The number of hydrogen-bond donors (Lipinski definition) is 0. The summed E-state index contributed by atoms with van der Waals surface area (Å²) in [6.07, 6.45) is 0. The fourth-order valence-electron chi connectivity index (χ4n) is 7.94. The van der Waals surface area contributed by atoms with Crippen LogP contribution in [0.15, 0.2) is 197 Å². The van der Waals surface area contributed by atoms with Gasteiger partial charge < -0.3 is 8.83 Å². The minimum Gasteiger partial charge on any atom is -0.455 e. The van der Waals surface area contributed by atoms with Crippen LogP contribution in [-0.2, 0) is 0 Å². The summed E-state index contributed by atoms with van der Waals surface area (Å²) in [5.74, 6) is 1.87. The number of furan rings is 2. The normalized spacial score (nSPS) is 11.6. The monoisotopic (exact) mass is 717 g/mol. The largest absolute Gasteiger partial charge is 0.455 e. The van der Waals surface area contributed by atoms with Crippen LogP contribution in [0.5, 0.6) is 0 Å². The third-order valence-corrected chi connectivity index (χ3v) is 10.6. The summed E-state index contributed by atoms with van der Waals surface area (Å²) in [7, 11) is 0. The molecule has 0 unspecified atom stereocenters. The SMILES string of the molecule is c1ccc(-c2nc(-c3ccccc3)nc(-c3cccc(-c4cccc5oc6c(-c7cccc8c7oc7c(-c9ccccc9)cccc78)cccc6c45)c3)n2)cc1. The van der Waals surface area contributed by atoms with E-state index in [1.165, 1.54) is 0 Å². The van der Waals surface area contributed by atoms with Crippen LogP contribution in [0.4, 0.5) is 0 Å². The highest BCUT2D eigenvalue weighted by molar-refractivity contribution is 6.18. The average Bonchev–Trinajstić information content (AvgIpc) is 3.86. The predicted molar refractivity (Wildman–Crippen MR) is 227 cm³/mol. The van der Waals surface area contributed by atoms with Crippen LogP contribution in [0, 0.1) is 0 Å². The third-order valence-electron chi connectivity index (χ3n) is 10.6. The zero-order chi connectivity index (χ0) is 37.0. The quantitative estimate of drug-likeness (QED) is 0.171. The van der Waals surface area contributed by atoms with Gasteiger partial charge in [0, 0.05) is 54.9 Å². The number of para-hydroxylation sites is 3. The molecule has 0 radical (unpaired) electrons. The molecule has 8 aromatic carbocycles. The Kier molecular flexibility index (Phi) is 7.42. The summed E-state index contributed by atoms with van der Waals surface area (Å²) < 4.78 is 13.6. The number of hydrogen-bond acceptors (Lipinski definition) is 5. The molecular formula is C51H31N3O2. The lowest BCUT2D eigenvalue weighted by Crippen LogP contribution is -2.00. The van der Waals surface area contributed by atoms with Crippen molar-refractivity contribution in [1.82, 2.24) is 15.0 Å². The smallest absolute Gasteiger partial charge is 0.164 e. The molecule has 0 saturated carbocycles. The van der Waals surface area contributed by atoms with Crippen molar-refractivity contribution < 1.29 is 8.83 Å². The van der Waals surface area contributed by atoms with Crippen LogP contribution < -0.4 is 0 Å². The van der Waals surface area contributed by atoms with Crippen molar-refractivity contribution in [2.75, 3.05) is 0 Å². The van der Waals surface area contributed by atoms with Gasteiger partial charge in [0.2, 0.25) is 0 Å². The Labute approximate surface area is 322 Å². The molecule has 0 atom stereocenters. The van der Waals surface area contributed by atoms with Crippen molar-refractivity contribution in [3.8, 4) is 67.5 Å². The molecule has 0 fully saturated rings. The van der Waals surface area contributed by atoms with Crippen molar-refractivity contribution in [2.24, 2.45) is 0 Å². The van der Waals surface area contributed by atoms with Crippen LogP contribution in [0.3, 0.4) is 0 Å². The van der Waals surface area contributed by atoms with E-state index in [1.54, 1.807) is 0 Å². The van der Waals surface area contributed by atoms with Gasteiger partial charge in [0.1, 0.15) is 22.3 Å². The van der Waals surface area contributed by atoms with Crippen molar-refractivity contribution in [3.63, 3.8) is 0 Å². The number of rotatable bonds is 6. The summed E-state index contributed by atoms with van der Waals surface area (Å²) in [4.78, 5) is 14.9. The van der Waals surface area contributed by atoms with Gasteiger partial charge in [-0.1, -0.05) is 176 Å². The summed E-state index contributed by atoms with van der Waals surface area (Å²) in [6.45, 7) is 0. The summed E-state index contributed by atoms with van der Waals surface area (Å²) in [5, 5.41) is 4.25. The molecule has 5 heteroatoms. The molecule has 56 heavy (non-hydrogen) atoms. The molecule has 0 aliphatic rings. The van der Waals surface area contributed by atoms with Gasteiger partial charge in [-0.2, -0.15) is 0 Å². The van der Waals surface area contributed by atoms with Gasteiger partial charge >= 0.3 is 0 Å². The maximum atomic E-state index is 6.81. The number of aromatic nitrogens is 3. The molecular weight excluding hydrogens is 687 g/mol. The molecule has 3 aromatic heterocycles. The lowest BCUT2D eigenvalue weighted by Gasteiger charge is -2.10. The highest BCUT2D eigenvalue weighted by Gasteiger charge is 2.21. The first-order valence-corrected chi connectivity index (χ1v) is 18.7. The van der Waals surface area contributed by atoms with E-state index in [0.29, 0.717) is 17.5 Å². The van der Waals surface area contributed by atoms with E-state index in [1.807, 2.05) is 72.8 Å². The molecule has 0 bridgehead atoms. The third kappa shape index (κ3) is 5.29. The Hall–Kier alpha value is -7.63. The molecule has 3 heterocycles. The van der Waals surface area contributed by atoms with Crippen LogP contribution >= 0.6 is 0 Å². The topological polar surface area (TPSA) is 65.0 Å². The Balaban J connectivity index is 1.06. The van der Waals surface area contributed by atoms with Gasteiger partial charge in [-0.15, -0.1) is 0 Å². The van der Waals surface area contributed by atoms with Gasteiger partial charge in [-0.05, 0) is 28.8 Å². The molecule has 0 amide bonds. The Morgan fingerprint density at radius 1 is 0.286 bits per heavy atom. The lowest BCUT2D eigenvalue weighted by molar-refractivity contribution is 0.665. The standard InChI is InChI=1S/C51H31N3O2/c1-4-15-32(16-5-1)38-24-11-25-39-40-26-12-27-41(47(40)56-46(38)39)42-28-13-29-43-45-37(23-14-30-44(45)55-48(42)43)35-21-10-22-36(31-35)51-53-49(33-17-6-2-7-18-33)52-50(54-51)34-19-8-3-9-20-34/h1-31H. The van der Waals surface area contributed by atoms with Crippen molar-refractivity contribution in [3.05, 3.63) is 188 Å². The van der Waals surface area contributed by atoms with E-state index in [-0.39, 0.29) is 0 Å². The van der Waals surface area contributed by atoms with Gasteiger partial charge in [-0.3, -0.25) is 0 Å². The molecule has 11 rings (SSSR count). The van der Waals surface area contributed by atoms with Gasteiger partial charge in [0.05, 0.1) is 0 Å². The zero-order valence-corrected chi connectivity index (χ0v) is 30.1. The molecule has 0 spiro atoms. The molecule has 0 aliphatic heterocycles. The maximum absolute atomic E-state index is 6.81. The second kappa shape index (κ2) is 13.0. The Morgan fingerprint density at radius 3 is 1.34 bits per heavy atom. The van der Waals surface area contributed by atoms with Crippen LogP contribution in [0.2, 0.25) is 0 Å². The van der Waals surface area contributed by atoms with Gasteiger partial charge in [-0.25, -0.2) is 15.0 Å². The maximum Gasteiger partial charge on any atom is 0.164 e. The second-order valence-electron chi connectivity index (χ2n) is 13.9. The van der Waals surface area contributed by atoms with E-state index in [2.05, 4.69) is 115 Å². The zero-order valence-electron chi connectivity index (χ0n) is 30.1. The Morgan fingerprint density at radius 2 is 0.714 bits per heavy atom. The molecule has 262 valence electrons. The average molecular weight is 718 g/mol. The fourth-order valence-corrected chi connectivity index (χ4v) is 7.94. The second-order valence-corrected chi connectivity index (χ2v) is 13.9. The summed E-state index contributed by atoms with van der Waals surface area (Å²) in [5.41, 5.74) is 12.4. The molecule has 5 nitrogen and oxygen atoms in total. The first-order valence-electron chi connectivity index (χ1n) is 18.7. The number of benzene rings is 8. The Bertz CT molecular complexity index is 3180. The van der Waals surface area contributed by atoms with Crippen LogP contribution in [-0.4, -0.2) is 15.0 Å². The van der Waals surface area contributed by atoms with Gasteiger partial charge in [0.15, 0.2) is 17.5 Å². The van der Waals surface area contributed by atoms with Crippen molar-refractivity contribution in [1.29, 1.82) is 0 Å². The van der Waals surface area contributed by atoms with Crippen molar-refractivity contribution >= 4 is 43.9 Å². The predicted octanol–water partition coefficient (Wildman–Crippen LogP) is 13.7. The number of nitrogens with zero attached hydrogens (tertiary/aromatic N) is 3.